The molecule has 0 aliphatic rings. The van der Waals surface area contributed by atoms with Crippen LogP contribution in [0.1, 0.15) is 75.8 Å². The van der Waals surface area contributed by atoms with Crippen LogP contribution in [0.4, 0.5) is 0 Å². The highest BCUT2D eigenvalue weighted by Crippen LogP contribution is 2.28. The summed E-state index contributed by atoms with van der Waals surface area (Å²) in [7, 11) is 0. The molecule has 0 saturated carbocycles. The van der Waals surface area contributed by atoms with E-state index >= 15 is 0 Å². The van der Waals surface area contributed by atoms with Crippen LogP contribution in [0.25, 0.3) is 5.69 Å². The molecule has 0 atom stereocenters. The number of hydrogen-bond donors (Lipinski definition) is 1. The lowest BCUT2D eigenvalue weighted by molar-refractivity contribution is 0.0694. The van der Waals surface area contributed by atoms with Crippen molar-refractivity contribution in [2.75, 3.05) is 0 Å². The summed E-state index contributed by atoms with van der Waals surface area (Å²) < 4.78 is 1.80. The number of aromatic nitrogens is 2. The number of carbonyl (C=O) groups is 1. The summed E-state index contributed by atoms with van der Waals surface area (Å²) in [5.74, 6) is -0.895. The molecule has 0 aliphatic heterocycles. The Morgan fingerprint density at radius 3 is 2.04 bits per heavy atom. The minimum Gasteiger partial charge on any atom is -0.478 e. The minimum atomic E-state index is -0.895. The van der Waals surface area contributed by atoms with Crippen molar-refractivity contribution in [3.05, 3.63) is 46.8 Å². The molecule has 2 rings (SSSR count). The second kappa shape index (κ2) is 6.66. The van der Waals surface area contributed by atoms with E-state index in [2.05, 4.69) is 58.8 Å². The zero-order valence-electron chi connectivity index (χ0n) is 16.5. The van der Waals surface area contributed by atoms with Gasteiger partial charge in [0.15, 0.2) is 0 Å². The Bertz CT molecular complexity index is 757. The Kier molecular flexibility index (Phi) is 5.12. The molecule has 25 heavy (non-hydrogen) atoms. The van der Waals surface area contributed by atoms with Gasteiger partial charge in [0, 0.05) is 0 Å². The smallest absolute Gasteiger partial charge is 0.339 e. The molecule has 0 radical (unpaired) electrons. The molecule has 4 nitrogen and oxygen atoms in total. The van der Waals surface area contributed by atoms with Gasteiger partial charge in [0.2, 0.25) is 0 Å². The first-order valence-electron chi connectivity index (χ1n) is 8.89. The maximum Gasteiger partial charge on any atom is 0.339 e. The SMILES string of the molecule is CCc1c(C(=O)O)c(CC(C)(C)C)nn1-c1ccc(C(C)(C)C)cc1. The third-order valence-corrected chi connectivity index (χ3v) is 4.28. The van der Waals surface area contributed by atoms with E-state index in [1.807, 2.05) is 19.1 Å². The van der Waals surface area contributed by atoms with Crippen molar-refractivity contribution in [1.82, 2.24) is 9.78 Å². The summed E-state index contributed by atoms with van der Waals surface area (Å²) in [4.78, 5) is 11.9. The molecule has 1 aromatic heterocycles. The maximum absolute atomic E-state index is 11.9. The van der Waals surface area contributed by atoms with Crippen LogP contribution < -0.4 is 0 Å². The van der Waals surface area contributed by atoms with Crippen molar-refractivity contribution < 1.29 is 9.90 Å². The van der Waals surface area contributed by atoms with E-state index in [-0.39, 0.29) is 10.8 Å². The van der Waals surface area contributed by atoms with Gasteiger partial charge in [-0.05, 0) is 41.4 Å². The van der Waals surface area contributed by atoms with Gasteiger partial charge in [-0.1, -0.05) is 60.6 Å². The van der Waals surface area contributed by atoms with Crippen LogP contribution in [-0.2, 0) is 18.3 Å². The molecule has 0 spiro atoms. The second-order valence-electron chi connectivity index (χ2n) is 8.87. The lowest BCUT2D eigenvalue weighted by Gasteiger charge is -2.19. The summed E-state index contributed by atoms with van der Waals surface area (Å²) in [6, 6.07) is 8.25. The topological polar surface area (TPSA) is 55.1 Å². The number of benzene rings is 1. The lowest BCUT2D eigenvalue weighted by atomic mass is 9.87. The van der Waals surface area contributed by atoms with Gasteiger partial charge in [-0.3, -0.25) is 0 Å². The first kappa shape index (κ1) is 19.2. The number of carboxylic acids is 1. The molecule has 0 unspecified atom stereocenters. The monoisotopic (exact) mass is 342 g/mol. The zero-order chi connectivity index (χ0) is 19.0. The molecule has 1 aromatic carbocycles. The van der Waals surface area contributed by atoms with Gasteiger partial charge >= 0.3 is 5.97 Å². The van der Waals surface area contributed by atoms with Crippen LogP contribution in [0.2, 0.25) is 0 Å². The largest absolute Gasteiger partial charge is 0.478 e. The predicted molar refractivity (Wildman–Crippen MR) is 102 cm³/mol. The predicted octanol–water partition coefficient (Wildman–Crippen LogP) is 5.02. The van der Waals surface area contributed by atoms with Gasteiger partial charge in [0.25, 0.3) is 0 Å². The van der Waals surface area contributed by atoms with Crippen LogP contribution >= 0.6 is 0 Å². The molecule has 4 heteroatoms. The third-order valence-electron chi connectivity index (χ3n) is 4.28. The summed E-state index contributed by atoms with van der Waals surface area (Å²) >= 11 is 0. The molecule has 136 valence electrons. The molecular weight excluding hydrogens is 312 g/mol. The molecule has 1 heterocycles. The summed E-state index contributed by atoms with van der Waals surface area (Å²) in [5.41, 5.74) is 4.00. The first-order chi connectivity index (χ1) is 11.4. The molecule has 0 amide bonds. The van der Waals surface area contributed by atoms with Crippen molar-refractivity contribution in [2.45, 2.75) is 66.7 Å². The normalized spacial score (nSPS) is 12.4. The van der Waals surface area contributed by atoms with E-state index < -0.39 is 5.97 Å². The summed E-state index contributed by atoms with van der Waals surface area (Å²) in [6.07, 6.45) is 1.26. The highest BCUT2D eigenvalue weighted by Gasteiger charge is 2.26. The van der Waals surface area contributed by atoms with Gasteiger partial charge in [-0.15, -0.1) is 0 Å². The zero-order valence-corrected chi connectivity index (χ0v) is 16.5. The van der Waals surface area contributed by atoms with Crippen molar-refractivity contribution in [3.63, 3.8) is 0 Å². The van der Waals surface area contributed by atoms with E-state index in [1.54, 1.807) is 4.68 Å². The molecule has 0 aliphatic carbocycles. The minimum absolute atomic E-state index is 0.0233. The average Bonchev–Trinajstić information content (AvgIpc) is 2.82. The number of carboxylic acid groups (broad SMARTS) is 1. The fraction of sp³-hybridized carbons (Fsp3) is 0.524. The average molecular weight is 342 g/mol. The van der Waals surface area contributed by atoms with E-state index in [9.17, 15) is 9.90 Å². The van der Waals surface area contributed by atoms with E-state index in [1.165, 1.54) is 5.56 Å². The maximum atomic E-state index is 11.9. The van der Waals surface area contributed by atoms with Gasteiger partial charge < -0.3 is 5.11 Å². The Hall–Kier alpha value is -2.10. The summed E-state index contributed by atoms with van der Waals surface area (Å²) in [5, 5.41) is 14.4. The Labute approximate surface area is 150 Å². The standard InChI is InChI=1S/C21H30N2O2/c1-8-17-18(19(24)25)16(13-20(2,3)4)22-23(17)15-11-9-14(10-12-15)21(5,6)7/h9-12H,8,13H2,1-7H3,(H,24,25). The Morgan fingerprint density at radius 2 is 1.64 bits per heavy atom. The van der Waals surface area contributed by atoms with Crippen LogP contribution in [0.3, 0.4) is 0 Å². The number of hydrogen-bond acceptors (Lipinski definition) is 2. The number of nitrogens with zero attached hydrogens (tertiary/aromatic N) is 2. The second-order valence-corrected chi connectivity index (χ2v) is 8.87. The molecule has 2 aromatic rings. The quantitative estimate of drug-likeness (QED) is 0.849. The molecule has 0 fully saturated rings. The van der Waals surface area contributed by atoms with Crippen molar-refractivity contribution in [3.8, 4) is 5.69 Å². The van der Waals surface area contributed by atoms with Crippen molar-refractivity contribution in [1.29, 1.82) is 0 Å². The highest BCUT2D eigenvalue weighted by molar-refractivity contribution is 5.90. The van der Waals surface area contributed by atoms with Crippen molar-refractivity contribution >= 4 is 5.97 Å². The van der Waals surface area contributed by atoms with Gasteiger partial charge in [-0.2, -0.15) is 5.10 Å². The van der Waals surface area contributed by atoms with Crippen LogP contribution in [-0.4, -0.2) is 20.9 Å². The molecule has 1 N–H and O–H groups in total. The molecule has 0 saturated heterocycles. The van der Waals surface area contributed by atoms with Crippen LogP contribution in [0.5, 0.6) is 0 Å². The number of rotatable bonds is 4. The van der Waals surface area contributed by atoms with E-state index in [0.717, 1.165) is 11.4 Å². The highest BCUT2D eigenvalue weighted by atomic mass is 16.4. The number of aromatic carboxylic acids is 1. The van der Waals surface area contributed by atoms with Gasteiger partial charge in [-0.25, -0.2) is 9.48 Å². The first-order valence-corrected chi connectivity index (χ1v) is 8.89. The Balaban J connectivity index is 2.57. The van der Waals surface area contributed by atoms with E-state index in [0.29, 0.717) is 24.1 Å². The lowest BCUT2D eigenvalue weighted by Crippen LogP contribution is -2.13. The molecule has 0 bridgehead atoms. The van der Waals surface area contributed by atoms with Crippen molar-refractivity contribution in [2.24, 2.45) is 5.41 Å². The van der Waals surface area contributed by atoms with Crippen LogP contribution in [0.15, 0.2) is 24.3 Å². The fourth-order valence-electron chi connectivity index (χ4n) is 3.02. The fourth-order valence-corrected chi connectivity index (χ4v) is 3.02. The molecular formula is C21H30N2O2. The van der Waals surface area contributed by atoms with Gasteiger partial charge in [0.05, 0.1) is 17.1 Å². The summed E-state index contributed by atoms with van der Waals surface area (Å²) in [6.45, 7) is 14.8. The van der Waals surface area contributed by atoms with E-state index in [4.69, 9.17) is 0 Å². The third kappa shape index (κ3) is 4.30. The van der Waals surface area contributed by atoms with Crippen LogP contribution in [0, 0.1) is 5.41 Å². The van der Waals surface area contributed by atoms with Gasteiger partial charge in [0.1, 0.15) is 5.56 Å². The Morgan fingerprint density at radius 1 is 1.08 bits per heavy atom.